The molecule has 0 amide bonds. The zero-order valence-electron chi connectivity index (χ0n) is 12.6. The summed E-state index contributed by atoms with van der Waals surface area (Å²) in [6.45, 7) is 1.12. The molecule has 0 saturated carbocycles. The molecule has 0 bridgehead atoms. The number of aromatic nitrogens is 2. The van der Waals surface area contributed by atoms with E-state index in [1.807, 2.05) is 29.2 Å². The van der Waals surface area contributed by atoms with E-state index in [9.17, 15) is 9.90 Å². The van der Waals surface area contributed by atoms with E-state index in [1.54, 1.807) is 7.11 Å². The fraction of sp³-hybridized carbons (Fsp3) is 0.400. The summed E-state index contributed by atoms with van der Waals surface area (Å²) in [5.74, 6) is 0.879. The molecule has 1 fully saturated rings. The molecule has 8 heteroatoms. The smallest absolute Gasteiger partial charge is 0.320 e. The van der Waals surface area contributed by atoms with Crippen LogP contribution < -0.4 is 4.74 Å². The van der Waals surface area contributed by atoms with Crippen molar-refractivity contribution in [3.8, 4) is 17.2 Å². The maximum Gasteiger partial charge on any atom is 0.320 e. The van der Waals surface area contributed by atoms with E-state index in [1.165, 1.54) is 0 Å². The summed E-state index contributed by atoms with van der Waals surface area (Å²) in [5.41, 5.74) is 0.802. The van der Waals surface area contributed by atoms with E-state index in [4.69, 9.17) is 9.26 Å². The minimum atomic E-state index is -0.795. The normalized spacial score (nSPS) is 17.7. The molecule has 1 saturated heterocycles. The largest absolute Gasteiger partial charge is 0.497 e. The molecule has 1 aliphatic heterocycles. The number of likely N-dealkylation sites (tertiary alicyclic amines) is 1. The van der Waals surface area contributed by atoms with E-state index < -0.39 is 12.0 Å². The molecule has 1 aliphatic rings. The maximum atomic E-state index is 11.2. The van der Waals surface area contributed by atoms with Crippen molar-refractivity contribution in [2.45, 2.75) is 25.4 Å². The molecular weight excluding hydrogens is 322 g/mol. The van der Waals surface area contributed by atoms with Crippen LogP contribution >= 0.6 is 12.4 Å². The van der Waals surface area contributed by atoms with Crippen LogP contribution in [0.1, 0.15) is 18.7 Å². The minimum Gasteiger partial charge on any atom is -0.497 e. The first-order chi connectivity index (χ1) is 10.7. The monoisotopic (exact) mass is 339 g/mol. The van der Waals surface area contributed by atoms with Gasteiger partial charge in [0.2, 0.25) is 0 Å². The van der Waals surface area contributed by atoms with Crippen molar-refractivity contribution in [1.29, 1.82) is 0 Å². The van der Waals surface area contributed by atoms with Gasteiger partial charge < -0.3 is 14.4 Å². The second-order valence-corrected chi connectivity index (χ2v) is 5.21. The zero-order chi connectivity index (χ0) is 15.5. The minimum absolute atomic E-state index is 0. The summed E-state index contributed by atoms with van der Waals surface area (Å²) in [7, 11) is 1.61. The number of carbonyl (C=O) groups is 1. The Labute approximate surface area is 139 Å². The molecule has 1 aromatic carbocycles. The molecule has 0 spiro atoms. The van der Waals surface area contributed by atoms with Gasteiger partial charge >= 0.3 is 5.97 Å². The van der Waals surface area contributed by atoms with Crippen molar-refractivity contribution in [1.82, 2.24) is 15.0 Å². The Bertz CT molecular complexity index is 659. The number of ether oxygens (including phenoxy) is 1. The number of halogens is 1. The lowest BCUT2D eigenvalue weighted by molar-refractivity contribution is -0.142. The van der Waals surface area contributed by atoms with Gasteiger partial charge in [-0.1, -0.05) is 5.16 Å². The predicted molar refractivity (Wildman–Crippen MR) is 84.6 cm³/mol. The van der Waals surface area contributed by atoms with Crippen LogP contribution in [0, 0.1) is 0 Å². The Morgan fingerprint density at radius 3 is 2.83 bits per heavy atom. The van der Waals surface area contributed by atoms with Gasteiger partial charge in [-0.25, -0.2) is 0 Å². The number of aliphatic carboxylic acids is 1. The van der Waals surface area contributed by atoms with Crippen molar-refractivity contribution in [2.24, 2.45) is 0 Å². The van der Waals surface area contributed by atoms with Crippen LogP contribution in [-0.4, -0.2) is 45.8 Å². The number of rotatable bonds is 5. The van der Waals surface area contributed by atoms with Gasteiger partial charge in [-0.2, -0.15) is 4.98 Å². The van der Waals surface area contributed by atoms with Crippen LogP contribution in [0.2, 0.25) is 0 Å². The van der Waals surface area contributed by atoms with Crippen molar-refractivity contribution in [3.63, 3.8) is 0 Å². The Morgan fingerprint density at radius 1 is 1.43 bits per heavy atom. The number of nitrogens with zero attached hydrogens (tertiary/aromatic N) is 3. The molecule has 3 rings (SSSR count). The highest BCUT2D eigenvalue weighted by Gasteiger charge is 2.31. The van der Waals surface area contributed by atoms with Gasteiger partial charge in [-0.05, 0) is 43.7 Å². The molecule has 1 aromatic heterocycles. The van der Waals surface area contributed by atoms with Gasteiger partial charge in [0.05, 0.1) is 13.7 Å². The summed E-state index contributed by atoms with van der Waals surface area (Å²) in [5, 5.41) is 13.1. The summed E-state index contributed by atoms with van der Waals surface area (Å²) < 4.78 is 10.4. The number of hydrogen-bond donors (Lipinski definition) is 1. The molecule has 23 heavy (non-hydrogen) atoms. The predicted octanol–water partition coefficient (Wildman–Crippen LogP) is 2.22. The van der Waals surface area contributed by atoms with Crippen molar-refractivity contribution in [2.75, 3.05) is 13.7 Å². The Balaban J connectivity index is 0.00000192. The lowest BCUT2D eigenvalue weighted by Gasteiger charge is -2.18. The van der Waals surface area contributed by atoms with Crippen molar-refractivity contribution >= 4 is 18.4 Å². The fourth-order valence-electron chi connectivity index (χ4n) is 2.65. The summed E-state index contributed by atoms with van der Waals surface area (Å²) in [4.78, 5) is 17.4. The highest BCUT2D eigenvalue weighted by molar-refractivity contribution is 5.85. The third-order valence-electron chi connectivity index (χ3n) is 3.80. The molecule has 1 N–H and O–H groups in total. The quantitative estimate of drug-likeness (QED) is 0.893. The van der Waals surface area contributed by atoms with E-state index >= 15 is 0 Å². The number of carboxylic acid groups (broad SMARTS) is 1. The summed E-state index contributed by atoms with van der Waals surface area (Å²) in [6, 6.07) is 6.86. The number of hydrogen-bond acceptors (Lipinski definition) is 6. The van der Waals surface area contributed by atoms with Crippen molar-refractivity contribution < 1.29 is 19.2 Å². The van der Waals surface area contributed by atoms with Gasteiger partial charge in [0, 0.05) is 5.56 Å². The third-order valence-corrected chi connectivity index (χ3v) is 3.80. The second-order valence-electron chi connectivity index (χ2n) is 5.21. The first kappa shape index (κ1) is 17.2. The van der Waals surface area contributed by atoms with Gasteiger partial charge in [-0.15, -0.1) is 12.4 Å². The van der Waals surface area contributed by atoms with E-state index in [2.05, 4.69) is 10.1 Å². The van der Waals surface area contributed by atoms with Crippen LogP contribution in [-0.2, 0) is 11.3 Å². The van der Waals surface area contributed by atoms with Crippen LogP contribution in [0.4, 0.5) is 0 Å². The molecule has 2 heterocycles. The Hall–Kier alpha value is -2.12. The Morgan fingerprint density at radius 2 is 2.17 bits per heavy atom. The van der Waals surface area contributed by atoms with Crippen LogP contribution in [0.25, 0.3) is 11.5 Å². The molecule has 2 aromatic rings. The third kappa shape index (κ3) is 3.80. The molecule has 7 nitrogen and oxygen atoms in total. The first-order valence-electron chi connectivity index (χ1n) is 7.11. The summed E-state index contributed by atoms with van der Waals surface area (Å²) in [6.07, 6.45) is 1.54. The van der Waals surface area contributed by atoms with Crippen LogP contribution in [0.15, 0.2) is 28.8 Å². The number of carboxylic acids is 1. The molecule has 1 atom stereocenters. The first-order valence-corrected chi connectivity index (χ1v) is 7.11. The zero-order valence-corrected chi connectivity index (χ0v) is 13.5. The molecule has 0 unspecified atom stereocenters. The molecular formula is C15H18ClN3O4. The van der Waals surface area contributed by atoms with Crippen LogP contribution in [0.5, 0.6) is 5.75 Å². The van der Waals surface area contributed by atoms with E-state index in [0.717, 1.165) is 24.3 Å². The lowest BCUT2D eigenvalue weighted by Crippen LogP contribution is -2.35. The summed E-state index contributed by atoms with van der Waals surface area (Å²) >= 11 is 0. The molecule has 0 aliphatic carbocycles. The Kier molecular flexibility index (Phi) is 5.57. The highest BCUT2D eigenvalue weighted by atomic mass is 35.5. The molecule has 0 radical (unpaired) electrons. The molecule has 124 valence electrons. The fourth-order valence-corrected chi connectivity index (χ4v) is 2.65. The number of benzene rings is 1. The average molecular weight is 340 g/mol. The van der Waals surface area contributed by atoms with Gasteiger partial charge in [-0.3, -0.25) is 9.69 Å². The van der Waals surface area contributed by atoms with Gasteiger partial charge in [0.1, 0.15) is 11.8 Å². The SMILES string of the molecule is COc1ccc(-c2nc(CN3CCC[C@@H]3C(=O)O)no2)cc1.Cl. The second kappa shape index (κ2) is 7.43. The average Bonchev–Trinajstić information content (AvgIpc) is 3.17. The van der Waals surface area contributed by atoms with Crippen molar-refractivity contribution in [3.05, 3.63) is 30.1 Å². The lowest BCUT2D eigenvalue weighted by atomic mass is 10.2. The van der Waals surface area contributed by atoms with Crippen LogP contribution in [0.3, 0.4) is 0 Å². The van der Waals surface area contributed by atoms with E-state index in [0.29, 0.717) is 24.7 Å². The van der Waals surface area contributed by atoms with Gasteiger partial charge in [0.15, 0.2) is 5.82 Å². The van der Waals surface area contributed by atoms with E-state index in [-0.39, 0.29) is 12.4 Å². The highest BCUT2D eigenvalue weighted by Crippen LogP contribution is 2.23. The topological polar surface area (TPSA) is 88.7 Å². The number of methoxy groups -OCH3 is 1. The standard InChI is InChI=1S/C15H17N3O4.ClH/c1-21-11-6-4-10(5-7-11)14-16-13(17-22-14)9-18-8-2-3-12(18)15(19)20;/h4-7,12H,2-3,8-9H2,1H3,(H,19,20);1H/t12-;/m1./s1. The maximum absolute atomic E-state index is 11.2. The van der Waals surface area contributed by atoms with Gasteiger partial charge in [0.25, 0.3) is 5.89 Å².